The van der Waals surface area contributed by atoms with Crippen LogP contribution in [0.15, 0.2) is 48.5 Å². The molecular weight excluding hydrogens is 450 g/mol. The minimum Gasteiger partial charge on any atom is -0.496 e. The van der Waals surface area contributed by atoms with E-state index < -0.39 is 6.04 Å². The molecule has 7 nitrogen and oxygen atoms in total. The van der Waals surface area contributed by atoms with E-state index in [-0.39, 0.29) is 17.9 Å². The number of thioether (sulfide) groups is 1. The van der Waals surface area contributed by atoms with Gasteiger partial charge in [-0.15, -0.1) is 0 Å². The number of nitrogens with one attached hydrogen (secondary N) is 2. The third kappa shape index (κ3) is 7.75. The normalized spacial score (nSPS) is 17.1. The number of carbonyl (C=O) groups is 2. The van der Waals surface area contributed by atoms with Gasteiger partial charge in [0.15, 0.2) is 0 Å². The molecule has 0 bridgehead atoms. The Kier molecular flexibility index (Phi) is 10.2. The fraction of sp³-hybridized carbons (Fsp3) is 0.462. The van der Waals surface area contributed by atoms with Crippen molar-refractivity contribution < 1.29 is 19.1 Å². The SMILES string of the molecule is COc1ccccc1C(=O)NC(CCSC)C(=O)NCc1cccc(CN2CCOC(C)C2)c1. The number of amides is 2. The summed E-state index contributed by atoms with van der Waals surface area (Å²) in [5.41, 5.74) is 2.66. The molecule has 0 aromatic heterocycles. The van der Waals surface area contributed by atoms with Crippen LogP contribution in [0, 0.1) is 0 Å². The number of hydrogen-bond acceptors (Lipinski definition) is 6. The molecule has 0 radical (unpaired) electrons. The van der Waals surface area contributed by atoms with Gasteiger partial charge in [0, 0.05) is 26.2 Å². The summed E-state index contributed by atoms with van der Waals surface area (Å²) in [6.45, 7) is 5.97. The van der Waals surface area contributed by atoms with Gasteiger partial charge in [-0.2, -0.15) is 11.8 Å². The Labute approximate surface area is 206 Å². The van der Waals surface area contributed by atoms with Gasteiger partial charge in [-0.25, -0.2) is 0 Å². The molecule has 1 saturated heterocycles. The topological polar surface area (TPSA) is 79.9 Å². The maximum Gasteiger partial charge on any atom is 0.255 e. The van der Waals surface area contributed by atoms with E-state index in [4.69, 9.17) is 9.47 Å². The first-order chi connectivity index (χ1) is 16.5. The smallest absolute Gasteiger partial charge is 0.255 e. The fourth-order valence-electron chi connectivity index (χ4n) is 4.02. The van der Waals surface area contributed by atoms with E-state index in [1.54, 1.807) is 36.0 Å². The van der Waals surface area contributed by atoms with Crippen LogP contribution < -0.4 is 15.4 Å². The molecular formula is C26H35N3O4S. The quantitative estimate of drug-likeness (QED) is 0.509. The van der Waals surface area contributed by atoms with Crippen LogP contribution in [-0.2, 0) is 22.6 Å². The van der Waals surface area contributed by atoms with Gasteiger partial charge in [0.1, 0.15) is 11.8 Å². The van der Waals surface area contributed by atoms with Crippen LogP contribution in [0.1, 0.15) is 34.8 Å². The van der Waals surface area contributed by atoms with Gasteiger partial charge in [0.05, 0.1) is 25.4 Å². The molecule has 2 aromatic carbocycles. The summed E-state index contributed by atoms with van der Waals surface area (Å²) in [6, 6.07) is 14.7. The van der Waals surface area contributed by atoms with Crippen LogP contribution in [0.3, 0.4) is 0 Å². The van der Waals surface area contributed by atoms with Crippen molar-refractivity contribution in [1.82, 2.24) is 15.5 Å². The van der Waals surface area contributed by atoms with Crippen molar-refractivity contribution in [1.29, 1.82) is 0 Å². The summed E-state index contributed by atoms with van der Waals surface area (Å²) in [5.74, 6) is 0.734. The highest BCUT2D eigenvalue weighted by Gasteiger charge is 2.22. The van der Waals surface area contributed by atoms with Crippen LogP contribution >= 0.6 is 11.8 Å². The summed E-state index contributed by atoms with van der Waals surface area (Å²) in [5, 5.41) is 5.89. The zero-order valence-corrected chi connectivity index (χ0v) is 21.0. The first kappa shape index (κ1) is 26.1. The fourth-order valence-corrected chi connectivity index (χ4v) is 4.49. The average Bonchev–Trinajstić information content (AvgIpc) is 2.85. The summed E-state index contributed by atoms with van der Waals surface area (Å²) in [6.07, 6.45) is 2.78. The van der Waals surface area contributed by atoms with E-state index in [1.165, 1.54) is 12.7 Å². The number of morpholine rings is 1. The van der Waals surface area contributed by atoms with E-state index in [1.807, 2.05) is 18.4 Å². The molecule has 1 fully saturated rings. The highest BCUT2D eigenvalue weighted by molar-refractivity contribution is 7.98. The number of para-hydroxylation sites is 1. The first-order valence-electron chi connectivity index (χ1n) is 11.6. The Balaban J connectivity index is 1.59. The van der Waals surface area contributed by atoms with E-state index in [9.17, 15) is 9.59 Å². The molecule has 1 heterocycles. The highest BCUT2D eigenvalue weighted by atomic mass is 32.2. The molecule has 34 heavy (non-hydrogen) atoms. The Bertz CT molecular complexity index is 955. The van der Waals surface area contributed by atoms with Gasteiger partial charge in [-0.05, 0) is 48.6 Å². The zero-order valence-electron chi connectivity index (χ0n) is 20.2. The Hall–Kier alpha value is -2.55. The van der Waals surface area contributed by atoms with Crippen molar-refractivity contribution in [2.24, 2.45) is 0 Å². The maximum absolute atomic E-state index is 13.0. The molecule has 8 heteroatoms. The second-order valence-corrected chi connectivity index (χ2v) is 9.45. The summed E-state index contributed by atoms with van der Waals surface area (Å²) in [4.78, 5) is 28.2. The molecule has 1 aliphatic heterocycles. The van der Waals surface area contributed by atoms with Crippen LogP contribution in [0.25, 0.3) is 0 Å². The van der Waals surface area contributed by atoms with Crippen molar-refractivity contribution in [2.45, 2.75) is 38.6 Å². The lowest BCUT2D eigenvalue weighted by Gasteiger charge is -2.31. The second kappa shape index (κ2) is 13.4. The molecule has 2 atom stereocenters. The molecule has 0 saturated carbocycles. The van der Waals surface area contributed by atoms with E-state index >= 15 is 0 Å². The number of hydrogen-bond donors (Lipinski definition) is 2. The second-order valence-electron chi connectivity index (χ2n) is 8.46. The number of rotatable bonds is 11. The minimum absolute atomic E-state index is 0.190. The van der Waals surface area contributed by atoms with Gasteiger partial charge >= 0.3 is 0 Å². The van der Waals surface area contributed by atoms with Crippen molar-refractivity contribution in [3.8, 4) is 5.75 Å². The van der Waals surface area contributed by atoms with Crippen molar-refractivity contribution in [3.63, 3.8) is 0 Å². The standard InChI is InChI=1S/C26H35N3O4S/c1-19-17-29(12-13-33-19)18-21-8-6-7-20(15-21)16-27-26(31)23(11-14-34-3)28-25(30)22-9-4-5-10-24(22)32-2/h4-10,15,19,23H,11-14,16-18H2,1-3H3,(H,27,31)(H,28,30). The average molecular weight is 486 g/mol. The van der Waals surface area contributed by atoms with Crippen LogP contribution in [0.4, 0.5) is 0 Å². The Morgan fingerprint density at radius 2 is 2.00 bits per heavy atom. The lowest BCUT2D eigenvalue weighted by atomic mass is 10.1. The molecule has 0 aliphatic carbocycles. The van der Waals surface area contributed by atoms with E-state index in [2.05, 4.69) is 34.6 Å². The molecule has 3 rings (SSSR count). The largest absolute Gasteiger partial charge is 0.496 e. The van der Waals surface area contributed by atoms with Gasteiger partial charge in [-0.3, -0.25) is 14.5 Å². The van der Waals surface area contributed by atoms with Crippen molar-refractivity contribution >= 4 is 23.6 Å². The predicted molar refractivity (Wildman–Crippen MR) is 136 cm³/mol. The van der Waals surface area contributed by atoms with Crippen LogP contribution in [0.5, 0.6) is 5.75 Å². The van der Waals surface area contributed by atoms with Gasteiger partial charge in [0.2, 0.25) is 5.91 Å². The van der Waals surface area contributed by atoms with Crippen molar-refractivity contribution in [2.75, 3.05) is 38.8 Å². The zero-order chi connectivity index (χ0) is 24.3. The maximum atomic E-state index is 13.0. The molecule has 2 unspecified atom stereocenters. The monoisotopic (exact) mass is 485 g/mol. The number of methoxy groups -OCH3 is 1. The number of carbonyl (C=O) groups excluding carboxylic acids is 2. The Morgan fingerprint density at radius 1 is 1.21 bits per heavy atom. The van der Waals surface area contributed by atoms with Gasteiger partial charge in [-0.1, -0.05) is 36.4 Å². The molecule has 1 aliphatic rings. The lowest BCUT2D eigenvalue weighted by Crippen LogP contribution is -2.47. The minimum atomic E-state index is -0.622. The van der Waals surface area contributed by atoms with Gasteiger partial charge in [0.25, 0.3) is 5.91 Å². The predicted octanol–water partition coefficient (Wildman–Crippen LogP) is 3.08. The molecule has 2 amide bonds. The number of nitrogens with zero attached hydrogens (tertiary/aromatic N) is 1. The molecule has 184 valence electrons. The Morgan fingerprint density at radius 3 is 2.76 bits per heavy atom. The third-order valence-electron chi connectivity index (χ3n) is 5.77. The first-order valence-corrected chi connectivity index (χ1v) is 13.0. The van der Waals surface area contributed by atoms with Crippen LogP contribution in [0.2, 0.25) is 0 Å². The molecule has 2 N–H and O–H groups in total. The number of ether oxygens (including phenoxy) is 2. The summed E-state index contributed by atoms with van der Waals surface area (Å²) >= 11 is 1.64. The molecule has 2 aromatic rings. The van der Waals surface area contributed by atoms with E-state index in [0.29, 0.717) is 24.3 Å². The summed E-state index contributed by atoms with van der Waals surface area (Å²) in [7, 11) is 1.53. The molecule has 0 spiro atoms. The van der Waals surface area contributed by atoms with Crippen LogP contribution in [-0.4, -0.2) is 67.7 Å². The number of benzene rings is 2. The van der Waals surface area contributed by atoms with Gasteiger partial charge < -0.3 is 20.1 Å². The van der Waals surface area contributed by atoms with E-state index in [0.717, 1.165) is 37.6 Å². The van der Waals surface area contributed by atoms with Crippen molar-refractivity contribution in [3.05, 3.63) is 65.2 Å². The summed E-state index contributed by atoms with van der Waals surface area (Å²) < 4.78 is 10.9. The third-order valence-corrected chi connectivity index (χ3v) is 6.42. The highest BCUT2D eigenvalue weighted by Crippen LogP contribution is 2.17. The lowest BCUT2D eigenvalue weighted by molar-refractivity contribution is -0.123.